The summed E-state index contributed by atoms with van der Waals surface area (Å²) >= 11 is 0. The molecule has 0 amide bonds. The summed E-state index contributed by atoms with van der Waals surface area (Å²) in [5, 5.41) is 26.5. The number of piperidine rings is 1. The van der Waals surface area contributed by atoms with Crippen LogP contribution in [0.4, 0.5) is 4.39 Å². The molecule has 2 N–H and O–H groups in total. The van der Waals surface area contributed by atoms with Crippen LogP contribution in [-0.2, 0) is 7.05 Å². The summed E-state index contributed by atoms with van der Waals surface area (Å²) in [6.45, 7) is 4.04. The van der Waals surface area contributed by atoms with Crippen molar-refractivity contribution in [3.05, 3.63) is 42.7 Å². The molecule has 7 nitrogen and oxygen atoms in total. The molecule has 162 valence electrons. The molecular weight excluding hydrogens is 397 g/mol. The highest BCUT2D eigenvalue weighted by atomic mass is 19.1. The van der Waals surface area contributed by atoms with Gasteiger partial charge in [-0.3, -0.25) is 4.68 Å². The molecule has 5 rings (SSSR count). The van der Waals surface area contributed by atoms with E-state index in [2.05, 4.69) is 27.5 Å². The molecule has 0 spiro atoms. The second-order valence-corrected chi connectivity index (χ2v) is 9.26. The van der Waals surface area contributed by atoms with E-state index in [1.54, 1.807) is 35.1 Å². The molecule has 3 aromatic rings. The summed E-state index contributed by atoms with van der Waals surface area (Å²) in [5.41, 5.74) is 2.18. The van der Waals surface area contributed by atoms with Crippen LogP contribution in [0.1, 0.15) is 33.1 Å². The number of alkyl halides is 1. The number of benzene rings is 1. The Kier molecular flexibility index (Phi) is 4.51. The van der Waals surface area contributed by atoms with Crippen molar-refractivity contribution in [2.24, 2.45) is 7.05 Å². The smallest absolute Gasteiger partial charge is 0.233 e. The highest BCUT2D eigenvalue weighted by Crippen LogP contribution is 2.44. The Morgan fingerprint density at radius 1 is 1.16 bits per heavy atom. The third kappa shape index (κ3) is 3.54. The van der Waals surface area contributed by atoms with Crippen molar-refractivity contribution in [2.45, 2.75) is 56.5 Å². The van der Waals surface area contributed by atoms with Gasteiger partial charge in [0.1, 0.15) is 11.9 Å². The molecule has 2 saturated heterocycles. The highest BCUT2D eigenvalue weighted by Gasteiger charge is 2.56. The Hall–Kier alpha value is -3.00. The van der Waals surface area contributed by atoms with Crippen molar-refractivity contribution in [3.8, 4) is 34.0 Å². The van der Waals surface area contributed by atoms with Gasteiger partial charge in [-0.25, -0.2) is 4.39 Å². The second kappa shape index (κ2) is 7.02. The number of hydrogen-bond donors (Lipinski definition) is 2. The lowest BCUT2D eigenvalue weighted by Crippen LogP contribution is -2.63. The van der Waals surface area contributed by atoms with E-state index in [9.17, 15) is 5.11 Å². The van der Waals surface area contributed by atoms with Gasteiger partial charge in [0.05, 0.1) is 17.4 Å². The summed E-state index contributed by atoms with van der Waals surface area (Å²) < 4.78 is 22.7. The third-order valence-corrected chi connectivity index (χ3v) is 6.59. The van der Waals surface area contributed by atoms with Gasteiger partial charge < -0.3 is 15.2 Å². The van der Waals surface area contributed by atoms with Crippen LogP contribution in [0.15, 0.2) is 42.7 Å². The second-order valence-electron chi connectivity index (χ2n) is 9.26. The number of rotatable bonds is 4. The van der Waals surface area contributed by atoms with Crippen molar-refractivity contribution in [1.29, 1.82) is 0 Å². The summed E-state index contributed by atoms with van der Waals surface area (Å²) in [6, 6.07) is 8.79. The molecule has 2 bridgehead atoms. The average molecular weight is 423 g/mol. The number of phenolic OH excluding ortho intramolecular Hbond substituents is 1. The number of phenols is 1. The van der Waals surface area contributed by atoms with Gasteiger partial charge in [-0.05, 0) is 50.5 Å². The molecule has 0 radical (unpaired) electrons. The van der Waals surface area contributed by atoms with Crippen LogP contribution in [0.25, 0.3) is 22.4 Å². The maximum atomic E-state index is 15.1. The van der Waals surface area contributed by atoms with E-state index in [-0.39, 0.29) is 17.2 Å². The van der Waals surface area contributed by atoms with Gasteiger partial charge >= 0.3 is 0 Å². The van der Waals surface area contributed by atoms with Crippen LogP contribution < -0.4 is 10.1 Å². The van der Waals surface area contributed by atoms with Gasteiger partial charge in [0, 0.05) is 42.4 Å². The van der Waals surface area contributed by atoms with Crippen molar-refractivity contribution in [1.82, 2.24) is 25.3 Å². The number of aromatic nitrogens is 4. The molecular formula is C23H26FN5O2. The normalized spacial score (nSPS) is 29.8. The molecule has 2 aliphatic heterocycles. The van der Waals surface area contributed by atoms with Gasteiger partial charge in [0.15, 0.2) is 6.17 Å². The Labute approximate surface area is 180 Å². The molecule has 4 atom stereocenters. The molecule has 2 aliphatic rings. The van der Waals surface area contributed by atoms with Crippen LogP contribution >= 0.6 is 0 Å². The minimum absolute atomic E-state index is 0.101. The fraction of sp³-hybridized carbons (Fsp3) is 0.435. The summed E-state index contributed by atoms with van der Waals surface area (Å²) in [5.74, 6) is 0.389. The molecule has 0 unspecified atom stereocenters. The fourth-order valence-corrected chi connectivity index (χ4v) is 4.95. The van der Waals surface area contributed by atoms with Gasteiger partial charge in [-0.2, -0.15) is 5.10 Å². The van der Waals surface area contributed by atoms with Gasteiger partial charge in [-0.15, -0.1) is 10.2 Å². The van der Waals surface area contributed by atoms with E-state index in [0.717, 1.165) is 24.0 Å². The minimum atomic E-state index is -1.12. The fourth-order valence-electron chi connectivity index (χ4n) is 4.95. The number of halogens is 1. The van der Waals surface area contributed by atoms with E-state index >= 15 is 4.39 Å². The predicted octanol–water partition coefficient (Wildman–Crippen LogP) is 3.64. The monoisotopic (exact) mass is 423 g/mol. The minimum Gasteiger partial charge on any atom is -0.507 e. The van der Waals surface area contributed by atoms with E-state index in [4.69, 9.17) is 4.74 Å². The largest absolute Gasteiger partial charge is 0.507 e. The first-order valence-corrected chi connectivity index (χ1v) is 10.5. The van der Waals surface area contributed by atoms with Crippen molar-refractivity contribution < 1.29 is 14.2 Å². The molecule has 2 aromatic heterocycles. The number of hydrogen-bond acceptors (Lipinski definition) is 6. The van der Waals surface area contributed by atoms with Crippen molar-refractivity contribution in [2.75, 3.05) is 0 Å². The van der Waals surface area contributed by atoms with Crippen molar-refractivity contribution >= 4 is 0 Å². The van der Waals surface area contributed by atoms with E-state index in [1.165, 1.54) is 0 Å². The first kappa shape index (κ1) is 19.9. The molecule has 0 aliphatic carbocycles. The van der Waals surface area contributed by atoms with E-state index < -0.39 is 17.8 Å². The summed E-state index contributed by atoms with van der Waals surface area (Å²) in [6.07, 6.45) is 4.26. The number of fused-ring (bicyclic) bond motifs is 2. The zero-order valence-corrected chi connectivity index (χ0v) is 17.8. The van der Waals surface area contributed by atoms with Crippen LogP contribution in [0, 0.1) is 0 Å². The Balaban J connectivity index is 1.34. The number of aromatic hydroxyl groups is 1. The SMILES string of the molecule is Cn1cc(-c2ccc(-c3ccc(O[C@H]4C[C@]5(C)CC[C@@](C)(N5)[C@H]4F)nn3)c(O)c2)cn1. The predicted molar refractivity (Wildman–Crippen MR) is 114 cm³/mol. The van der Waals surface area contributed by atoms with Gasteiger partial charge in [-0.1, -0.05) is 6.07 Å². The van der Waals surface area contributed by atoms with Crippen LogP contribution in [0.5, 0.6) is 11.6 Å². The van der Waals surface area contributed by atoms with E-state index in [0.29, 0.717) is 17.7 Å². The molecule has 4 heterocycles. The summed E-state index contributed by atoms with van der Waals surface area (Å²) in [4.78, 5) is 0. The lowest BCUT2D eigenvalue weighted by molar-refractivity contribution is -0.00951. The molecule has 8 heteroatoms. The van der Waals surface area contributed by atoms with E-state index in [1.807, 2.05) is 26.2 Å². The average Bonchev–Trinajstić information content (AvgIpc) is 3.29. The molecule has 2 fully saturated rings. The summed E-state index contributed by atoms with van der Waals surface area (Å²) in [7, 11) is 1.84. The van der Waals surface area contributed by atoms with Gasteiger partial charge in [0.25, 0.3) is 0 Å². The highest BCUT2D eigenvalue weighted by molar-refractivity contribution is 5.73. The van der Waals surface area contributed by atoms with Crippen molar-refractivity contribution in [3.63, 3.8) is 0 Å². The van der Waals surface area contributed by atoms with Crippen LogP contribution in [0.2, 0.25) is 0 Å². The number of nitrogens with zero attached hydrogens (tertiary/aromatic N) is 4. The maximum absolute atomic E-state index is 15.1. The van der Waals surface area contributed by atoms with Gasteiger partial charge in [0.2, 0.25) is 5.88 Å². The standard InChI is InChI=1S/C23H26FN5O2/c1-22-8-9-23(2,28-22)21(24)19(11-22)31-20-7-6-17(26-27-20)16-5-4-14(10-18(16)30)15-12-25-29(3)13-15/h4-7,10,12-13,19,21,28,30H,8-9,11H2,1-3H3/t19-,21-,22-,23+/m0/s1. The quantitative estimate of drug-likeness (QED) is 0.667. The number of aryl methyl sites for hydroxylation is 1. The topological polar surface area (TPSA) is 85.1 Å². The lowest BCUT2D eigenvalue weighted by Gasteiger charge is -2.43. The Morgan fingerprint density at radius 3 is 2.68 bits per heavy atom. The zero-order valence-electron chi connectivity index (χ0n) is 17.8. The zero-order chi connectivity index (χ0) is 21.8. The first-order chi connectivity index (χ1) is 14.7. The molecule has 1 aromatic carbocycles. The lowest BCUT2D eigenvalue weighted by atomic mass is 9.85. The Bertz CT molecular complexity index is 1120. The molecule has 31 heavy (non-hydrogen) atoms. The number of ether oxygens (including phenoxy) is 1. The third-order valence-electron chi connectivity index (χ3n) is 6.59. The first-order valence-electron chi connectivity index (χ1n) is 10.5. The number of nitrogens with one attached hydrogen (secondary N) is 1. The van der Waals surface area contributed by atoms with Crippen LogP contribution in [0.3, 0.4) is 0 Å². The maximum Gasteiger partial charge on any atom is 0.233 e. The Morgan fingerprint density at radius 2 is 2.00 bits per heavy atom. The molecule has 0 saturated carbocycles. The van der Waals surface area contributed by atoms with Crippen LogP contribution in [-0.4, -0.2) is 48.4 Å².